The van der Waals surface area contributed by atoms with E-state index in [1.807, 2.05) is 24.5 Å². The molecule has 0 bridgehead atoms. The van der Waals surface area contributed by atoms with Crippen molar-refractivity contribution >= 4 is 0 Å². The van der Waals surface area contributed by atoms with Crippen molar-refractivity contribution in [3.63, 3.8) is 0 Å². The van der Waals surface area contributed by atoms with E-state index in [0.717, 1.165) is 19.7 Å². The molecule has 1 atom stereocenters. The molecule has 0 aliphatic carbocycles. The smallest absolute Gasteiger partial charge is 0.0700 e. The highest BCUT2D eigenvalue weighted by molar-refractivity contribution is 5.08. The monoisotopic (exact) mass is 192 g/mol. The molecule has 0 unspecified atom stereocenters. The molecule has 1 fully saturated rings. The lowest BCUT2D eigenvalue weighted by Crippen LogP contribution is -2.25. The number of nitrogens with zero attached hydrogens (tertiary/aromatic N) is 1. The Bertz CT molecular complexity index is 257. The van der Waals surface area contributed by atoms with Crippen LogP contribution in [-0.2, 0) is 11.3 Å². The molecule has 3 nitrogen and oxygen atoms in total. The first kappa shape index (κ1) is 9.62. The standard InChI is InChI=1S/C11H16N2O/c1-2-11(14-7-1)9-13-8-10-3-5-12-6-4-10/h3-6,11,13H,1-2,7-9H2/t11-/m1/s1. The lowest BCUT2D eigenvalue weighted by molar-refractivity contribution is 0.110. The summed E-state index contributed by atoms with van der Waals surface area (Å²) in [6.45, 7) is 2.80. The number of nitrogens with one attached hydrogen (secondary N) is 1. The molecule has 1 aliphatic rings. The molecular formula is C11H16N2O. The first-order valence-electron chi connectivity index (χ1n) is 5.16. The summed E-state index contributed by atoms with van der Waals surface area (Å²) in [4.78, 5) is 3.98. The predicted octanol–water partition coefficient (Wildman–Crippen LogP) is 1.35. The van der Waals surface area contributed by atoms with E-state index >= 15 is 0 Å². The van der Waals surface area contributed by atoms with Crippen LogP contribution in [0.15, 0.2) is 24.5 Å². The van der Waals surface area contributed by atoms with Crippen LogP contribution < -0.4 is 5.32 Å². The van der Waals surface area contributed by atoms with Gasteiger partial charge < -0.3 is 10.1 Å². The molecule has 1 aliphatic heterocycles. The van der Waals surface area contributed by atoms with Gasteiger partial charge in [-0.25, -0.2) is 0 Å². The molecule has 0 amide bonds. The second-order valence-electron chi connectivity index (χ2n) is 3.62. The van der Waals surface area contributed by atoms with Crippen LogP contribution in [0.2, 0.25) is 0 Å². The number of pyridine rings is 1. The van der Waals surface area contributed by atoms with Crippen molar-refractivity contribution < 1.29 is 4.74 Å². The Morgan fingerprint density at radius 1 is 1.43 bits per heavy atom. The van der Waals surface area contributed by atoms with Gasteiger partial charge in [0.2, 0.25) is 0 Å². The Kier molecular flexibility index (Phi) is 3.49. The van der Waals surface area contributed by atoms with Crippen LogP contribution in [0.5, 0.6) is 0 Å². The van der Waals surface area contributed by atoms with Crippen molar-refractivity contribution in [3.05, 3.63) is 30.1 Å². The third-order valence-corrected chi connectivity index (χ3v) is 2.47. The fourth-order valence-corrected chi connectivity index (χ4v) is 1.68. The van der Waals surface area contributed by atoms with Gasteiger partial charge >= 0.3 is 0 Å². The predicted molar refractivity (Wildman–Crippen MR) is 54.9 cm³/mol. The van der Waals surface area contributed by atoms with E-state index in [1.165, 1.54) is 18.4 Å². The molecule has 0 saturated carbocycles. The SMILES string of the molecule is c1cc(CNC[C@H]2CCCO2)ccn1. The van der Waals surface area contributed by atoms with Crippen molar-refractivity contribution in [1.29, 1.82) is 0 Å². The van der Waals surface area contributed by atoms with E-state index in [4.69, 9.17) is 4.74 Å². The summed E-state index contributed by atoms with van der Waals surface area (Å²) >= 11 is 0. The van der Waals surface area contributed by atoms with E-state index in [1.54, 1.807) is 0 Å². The summed E-state index contributed by atoms with van der Waals surface area (Å²) in [5.41, 5.74) is 1.28. The second-order valence-corrected chi connectivity index (χ2v) is 3.62. The van der Waals surface area contributed by atoms with Gasteiger partial charge in [0.25, 0.3) is 0 Å². The van der Waals surface area contributed by atoms with Crippen LogP contribution in [0.3, 0.4) is 0 Å². The number of aromatic nitrogens is 1. The summed E-state index contributed by atoms with van der Waals surface area (Å²) in [7, 11) is 0. The summed E-state index contributed by atoms with van der Waals surface area (Å²) in [5, 5.41) is 3.39. The Morgan fingerprint density at radius 2 is 2.29 bits per heavy atom. The molecule has 2 heterocycles. The van der Waals surface area contributed by atoms with E-state index in [-0.39, 0.29) is 0 Å². The van der Waals surface area contributed by atoms with Crippen LogP contribution in [0.4, 0.5) is 0 Å². The third kappa shape index (κ3) is 2.79. The Balaban J connectivity index is 1.67. The Morgan fingerprint density at radius 3 is 3.00 bits per heavy atom. The summed E-state index contributed by atoms with van der Waals surface area (Å²) in [5.74, 6) is 0. The van der Waals surface area contributed by atoms with Gasteiger partial charge in [0.15, 0.2) is 0 Å². The maximum absolute atomic E-state index is 5.52. The maximum atomic E-state index is 5.52. The number of hydrogen-bond acceptors (Lipinski definition) is 3. The highest BCUT2D eigenvalue weighted by atomic mass is 16.5. The lowest BCUT2D eigenvalue weighted by Gasteiger charge is -2.10. The number of ether oxygens (including phenoxy) is 1. The first-order chi connectivity index (χ1) is 6.95. The molecule has 76 valence electrons. The normalized spacial score (nSPS) is 21.3. The molecule has 0 radical (unpaired) electrons. The molecule has 3 heteroatoms. The summed E-state index contributed by atoms with van der Waals surface area (Å²) in [6, 6.07) is 4.06. The minimum Gasteiger partial charge on any atom is -0.377 e. The molecule has 2 rings (SSSR count). The van der Waals surface area contributed by atoms with Crippen LogP contribution in [0.1, 0.15) is 18.4 Å². The average Bonchev–Trinajstić information content (AvgIpc) is 2.72. The Hall–Kier alpha value is -0.930. The van der Waals surface area contributed by atoms with Gasteiger partial charge in [-0.05, 0) is 30.5 Å². The molecule has 1 aromatic rings. The Labute approximate surface area is 84.5 Å². The largest absolute Gasteiger partial charge is 0.377 e. The van der Waals surface area contributed by atoms with Crippen LogP contribution in [0, 0.1) is 0 Å². The zero-order chi connectivity index (χ0) is 9.64. The summed E-state index contributed by atoms with van der Waals surface area (Å²) in [6.07, 6.45) is 6.48. The second kappa shape index (κ2) is 5.08. The van der Waals surface area contributed by atoms with Crippen molar-refractivity contribution in [1.82, 2.24) is 10.3 Å². The van der Waals surface area contributed by atoms with Crippen molar-refractivity contribution in [2.75, 3.05) is 13.2 Å². The van der Waals surface area contributed by atoms with Gasteiger partial charge in [0, 0.05) is 32.1 Å². The van der Waals surface area contributed by atoms with Gasteiger partial charge in [-0.2, -0.15) is 0 Å². The minimum atomic E-state index is 0.428. The van der Waals surface area contributed by atoms with Gasteiger partial charge in [0.05, 0.1) is 6.10 Å². The first-order valence-corrected chi connectivity index (χ1v) is 5.16. The molecule has 0 spiro atoms. The van der Waals surface area contributed by atoms with Gasteiger partial charge in [-0.3, -0.25) is 4.98 Å². The van der Waals surface area contributed by atoms with E-state index in [9.17, 15) is 0 Å². The fraction of sp³-hybridized carbons (Fsp3) is 0.545. The molecule has 14 heavy (non-hydrogen) atoms. The fourth-order valence-electron chi connectivity index (χ4n) is 1.68. The van der Waals surface area contributed by atoms with Crippen molar-refractivity contribution in [2.45, 2.75) is 25.5 Å². The topological polar surface area (TPSA) is 34.1 Å². The molecule has 0 aromatic carbocycles. The summed E-state index contributed by atoms with van der Waals surface area (Å²) < 4.78 is 5.52. The highest BCUT2D eigenvalue weighted by Crippen LogP contribution is 2.10. The molecule has 1 aromatic heterocycles. The van der Waals surface area contributed by atoms with E-state index < -0.39 is 0 Å². The zero-order valence-electron chi connectivity index (χ0n) is 8.28. The van der Waals surface area contributed by atoms with Crippen molar-refractivity contribution in [3.8, 4) is 0 Å². The molecular weight excluding hydrogens is 176 g/mol. The van der Waals surface area contributed by atoms with Gasteiger partial charge in [0.1, 0.15) is 0 Å². The molecule has 1 N–H and O–H groups in total. The highest BCUT2D eigenvalue weighted by Gasteiger charge is 2.14. The molecule has 1 saturated heterocycles. The number of hydrogen-bond donors (Lipinski definition) is 1. The maximum Gasteiger partial charge on any atom is 0.0700 e. The van der Waals surface area contributed by atoms with Crippen molar-refractivity contribution in [2.24, 2.45) is 0 Å². The quantitative estimate of drug-likeness (QED) is 0.782. The van der Waals surface area contributed by atoms with E-state index in [0.29, 0.717) is 6.10 Å². The van der Waals surface area contributed by atoms with Crippen LogP contribution in [0.25, 0.3) is 0 Å². The van der Waals surface area contributed by atoms with Crippen LogP contribution in [-0.4, -0.2) is 24.2 Å². The number of rotatable bonds is 4. The van der Waals surface area contributed by atoms with Gasteiger partial charge in [-0.1, -0.05) is 0 Å². The zero-order valence-corrected chi connectivity index (χ0v) is 8.28. The van der Waals surface area contributed by atoms with E-state index in [2.05, 4.69) is 10.3 Å². The average molecular weight is 192 g/mol. The lowest BCUT2D eigenvalue weighted by atomic mass is 10.2. The van der Waals surface area contributed by atoms with Crippen LogP contribution >= 0.6 is 0 Å². The third-order valence-electron chi connectivity index (χ3n) is 2.47. The van der Waals surface area contributed by atoms with Gasteiger partial charge in [-0.15, -0.1) is 0 Å². The minimum absolute atomic E-state index is 0.428.